The molecule has 1 rings (SSSR count). The molecule has 0 aliphatic carbocycles. The van der Waals surface area contributed by atoms with Gasteiger partial charge in [0.15, 0.2) is 0 Å². The lowest BCUT2D eigenvalue weighted by molar-refractivity contribution is 0.0199. The summed E-state index contributed by atoms with van der Waals surface area (Å²) < 4.78 is 5.26. The molecule has 0 saturated carbocycles. The lowest BCUT2D eigenvalue weighted by Crippen LogP contribution is -2.42. The minimum atomic E-state index is -0.501. The number of nitriles is 1. The molecule has 84 valence electrons. The van der Waals surface area contributed by atoms with Gasteiger partial charge < -0.3 is 4.74 Å². The molecule has 1 amide bonds. The molecule has 0 aromatic carbocycles. The average Bonchev–Trinajstić information content (AvgIpc) is 2.43. The van der Waals surface area contributed by atoms with Gasteiger partial charge in [-0.3, -0.25) is 4.90 Å². The quantitative estimate of drug-likeness (QED) is 0.616. The first-order valence-corrected chi connectivity index (χ1v) is 5.26. The molecular formula is C11H18N2O2. The summed E-state index contributed by atoms with van der Waals surface area (Å²) in [5.41, 5.74) is -0.501. The second-order valence-corrected chi connectivity index (χ2v) is 4.96. The molecule has 0 bridgehead atoms. The van der Waals surface area contributed by atoms with E-state index in [0.717, 1.165) is 12.8 Å². The fourth-order valence-electron chi connectivity index (χ4n) is 1.73. The lowest BCUT2D eigenvalue weighted by Gasteiger charge is -2.28. The molecule has 15 heavy (non-hydrogen) atoms. The van der Waals surface area contributed by atoms with E-state index in [-0.39, 0.29) is 18.2 Å². The summed E-state index contributed by atoms with van der Waals surface area (Å²) in [4.78, 5) is 13.3. The van der Waals surface area contributed by atoms with Crippen molar-refractivity contribution in [2.45, 2.75) is 58.2 Å². The van der Waals surface area contributed by atoms with Gasteiger partial charge in [-0.25, -0.2) is 4.79 Å². The van der Waals surface area contributed by atoms with Crippen molar-refractivity contribution >= 4 is 6.09 Å². The number of rotatable bonds is 0. The van der Waals surface area contributed by atoms with Gasteiger partial charge in [0.05, 0.1) is 6.07 Å². The van der Waals surface area contributed by atoms with Gasteiger partial charge in [-0.05, 0) is 40.5 Å². The normalized spacial score (nSPS) is 26.2. The Morgan fingerprint density at radius 3 is 2.53 bits per heavy atom. The van der Waals surface area contributed by atoms with Crippen molar-refractivity contribution in [1.29, 1.82) is 5.26 Å². The van der Waals surface area contributed by atoms with E-state index >= 15 is 0 Å². The second kappa shape index (κ2) is 4.09. The van der Waals surface area contributed by atoms with Gasteiger partial charge in [0.2, 0.25) is 0 Å². The van der Waals surface area contributed by atoms with Crippen LogP contribution in [0.4, 0.5) is 4.79 Å². The first-order chi connectivity index (χ1) is 6.85. The van der Waals surface area contributed by atoms with Crippen molar-refractivity contribution < 1.29 is 9.53 Å². The van der Waals surface area contributed by atoms with Crippen LogP contribution in [0.1, 0.15) is 40.5 Å². The van der Waals surface area contributed by atoms with Crippen LogP contribution in [-0.4, -0.2) is 28.7 Å². The Balaban J connectivity index is 2.70. The maximum atomic E-state index is 11.8. The molecular weight excluding hydrogens is 192 g/mol. The van der Waals surface area contributed by atoms with E-state index in [1.54, 1.807) is 4.90 Å². The molecule has 1 unspecified atom stereocenters. The Morgan fingerprint density at radius 2 is 2.07 bits per heavy atom. The standard InChI is InChI=1S/C11H18N2O2/c1-8-5-6-9(7-12)13(8)10(14)15-11(2,3)4/h8-9H,5-6H2,1-4H3/t8-,9?/m1/s1. The molecule has 0 radical (unpaired) electrons. The Labute approximate surface area is 90.8 Å². The number of hydrogen-bond donors (Lipinski definition) is 0. The van der Waals surface area contributed by atoms with E-state index in [4.69, 9.17) is 10.00 Å². The van der Waals surface area contributed by atoms with Crippen molar-refractivity contribution in [1.82, 2.24) is 4.90 Å². The van der Waals surface area contributed by atoms with E-state index in [1.165, 1.54) is 0 Å². The van der Waals surface area contributed by atoms with E-state index < -0.39 is 5.60 Å². The van der Waals surface area contributed by atoms with Crippen molar-refractivity contribution in [2.24, 2.45) is 0 Å². The van der Waals surface area contributed by atoms with Gasteiger partial charge in [-0.1, -0.05) is 0 Å². The largest absolute Gasteiger partial charge is 0.444 e. The molecule has 0 N–H and O–H groups in total. The molecule has 1 aliphatic heterocycles. The zero-order valence-electron chi connectivity index (χ0n) is 9.78. The minimum absolute atomic E-state index is 0.101. The van der Waals surface area contributed by atoms with Crippen LogP contribution < -0.4 is 0 Å². The number of likely N-dealkylation sites (tertiary alicyclic amines) is 1. The zero-order chi connectivity index (χ0) is 11.6. The summed E-state index contributed by atoms with van der Waals surface area (Å²) in [6.07, 6.45) is 1.24. The Bertz CT molecular complexity index is 288. The number of nitrogens with zero attached hydrogens (tertiary/aromatic N) is 2. The van der Waals surface area contributed by atoms with Crippen LogP contribution in [0.25, 0.3) is 0 Å². The maximum absolute atomic E-state index is 11.8. The Hall–Kier alpha value is -1.24. The predicted octanol–water partition coefficient (Wildman–Crippen LogP) is 2.30. The van der Waals surface area contributed by atoms with E-state index in [1.807, 2.05) is 27.7 Å². The molecule has 1 aliphatic rings. The van der Waals surface area contributed by atoms with Crippen molar-refractivity contribution in [3.63, 3.8) is 0 Å². The summed E-state index contributed by atoms with van der Waals surface area (Å²) in [7, 11) is 0. The van der Waals surface area contributed by atoms with E-state index in [2.05, 4.69) is 6.07 Å². The van der Waals surface area contributed by atoms with Gasteiger partial charge in [0.1, 0.15) is 11.6 Å². The molecule has 0 aromatic rings. The fraction of sp³-hybridized carbons (Fsp3) is 0.818. The average molecular weight is 210 g/mol. The lowest BCUT2D eigenvalue weighted by atomic mass is 10.2. The molecule has 0 spiro atoms. The molecule has 1 fully saturated rings. The first-order valence-electron chi connectivity index (χ1n) is 5.26. The van der Waals surface area contributed by atoms with Crippen LogP contribution >= 0.6 is 0 Å². The summed E-state index contributed by atoms with van der Waals surface area (Å²) in [5, 5.41) is 8.90. The number of hydrogen-bond acceptors (Lipinski definition) is 3. The topological polar surface area (TPSA) is 53.3 Å². The van der Waals surface area contributed by atoms with Crippen LogP contribution in [0.15, 0.2) is 0 Å². The zero-order valence-corrected chi connectivity index (χ0v) is 9.78. The number of ether oxygens (including phenoxy) is 1. The van der Waals surface area contributed by atoms with E-state index in [9.17, 15) is 4.79 Å². The third kappa shape index (κ3) is 2.85. The first kappa shape index (κ1) is 11.8. The Morgan fingerprint density at radius 1 is 1.47 bits per heavy atom. The molecule has 0 aromatic heterocycles. The summed E-state index contributed by atoms with van der Waals surface area (Å²) in [5.74, 6) is 0. The monoisotopic (exact) mass is 210 g/mol. The molecule has 2 atom stereocenters. The van der Waals surface area contributed by atoms with Crippen molar-refractivity contribution in [3.8, 4) is 6.07 Å². The van der Waals surface area contributed by atoms with Crippen LogP contribution in [0.5, 0.6) is 0 Å². The maximum Gasteiger partial charge on any atom is 0.411 e. The highest BCUT2D eigenvalue weighted by Crippen LogP contribution is 2.25. The van der Waals surface area contributed by atoms with Crippen molar-refractivity contribution in [3.05, 3.63) is 0 Å². The SMILES string of the molecule is C[C@@H]1CCC(C#N)N1C(=O)OC(C)(C)C. The number of carbonyl (C=O) groups excluding carboxylic acids is 1. The fourth-order valence-corrected chi connectivity index (χ4v) is 1.73. The predicted molar refractivity (Wildman–Crippen MR) is 56.2 cm³/mol. The number of amides is 1. The highest BCUT2D eigenvalue weighted by atomic mass is 16.6. The van der Waals surface area contributed by atoms with Gasteiger partial charge in [0.25, 0.3) is 0 Å². The highest BCUT2D eigenvalue weighted by Gasteiger charge is 2.36. The van der Waals surface area contributed by atoms with Gasteiger partial charge >= 0.3 is 6.09 Å². The minimum Gasteiger partial charge on any atom is -0.444 e. The smallest absolute Gasteiger partial charge is 0.411 e. The summed E-state index contributed by atoms with van der Waals surface area (Å²) in [6, 6.07) is 1.91. The highest BCUT2D eigenvalue weighted by molar-refractivity contribution is 5.69. The number of carbonyl (C=O) groups is 1. The Kier molecular flexibility index (Phi) is 3.23. The van der Waals surface area contributed by atoms with Crippen LogP contribution in [0.2, 0.25) is 0 Å². The van der Waals surface area contributed by atoms with Gasteiger partial charge in [-0.15, -0.1) is 0 Å². The molecule has 1 heterocycles. The molecule has 1 saturated heterocycles. The second-order valence-electron chi connectivity index (χ2n) is 4.96. The van der Waals surface area contributed by atoms with E-state index in [0.29, 0.717) is 0 Å². The summed E-state index contributed by atoms with van der Waals surface area (Å²) in [6.45, 7) is 7.42. The van der Waals surface area contributed by atoms with Crippen LogP contribution in [-0.2, 0) is 4.74 Å². The molecule has 4 heteroatoms. The summed E-state index contributed by atoms with van der Waals surface area (Å²) >= 11 is 0. The third-order valence-corrected chi connectivity index (χ3v) is 2.42. The van der Waals surface area contributed by atoms with Crippen molar-refractivity contribution in [2.75, 3.05) is 0 Å². The van der Waals surface area contributed by atoms with Gasteiger partial charge in [0, 0.05) is 6.04 Å². The molecule has 4 nitrogen and oxygen atoms in total. The van der Waals surface area contributed by atoms with Crippen LogP contribution in [0, 0.1) is 11.3 Å². The van der Waals surface area contributed by atoms with Crippen LogP contribution in [0.3, 0.4) is 0 Å². The third-order valence-electron chi connectivity index (χ3n) is 2.42. The van der Waals surface area contributed by atoms with Gasteiger partial charge in [-0.2, -0.15) is 5.26 Å².